The molecular weight excluding hydrogens is 166 g/mol. The second kappa shape index (κ2) is 2.25. The van der Waals surface area contributed by atoms with Crippen molar-refractivity contribution in [2.24, 2.45) is 11.8 Å². The van der Waals surface area contributed by atoms with Crippen molar-refractivity contribution < 1.29 is 9.53 Å². The van der Waals surface area contributed by atoms with Crippen LogP contribution in [0, 0.1) is 11.8 Å². The summed E-state index contributed by atoms with van der Waals surface area (Å²) < 4.78 is 5.36. The van der Waals surface area contributed by atoms with E-state index in [0.29, 0.717) is 0 Å². The second-order valence-electron chi connectivity index (χ2n) is 3.43. The molecule has 3 atom stereocenters. The molecular formula is C10H9NO2. The molecule has 0 aromatic carbocycles. The Balaban J connectivity index is 2.03. The average Bonchev–Trinajstić information content (AvgIpc) is 2.72. The van der Waals surface area contributed by atoms with Crippen LogP contribution < -0.4 is 0 Å². The lowest BCUT2D eigenvalue weighted by Gasteiger charge is -2.17. The first-order valence-corrected chi connectivity index (χ1v) is 4.37. The summed E-state index contributed by atoms with van der Waals surface area (Å²) >= 11 is 0. The number of ether oxygens (including phenoxy) is 1. The fourth-order valence-corrected chi connectivity index (χ4v) is 2.12. The number of nitrogens with zero attached hydrogens (tertiary/aromatic N) is 1. The van der Waals surface area contributed by atoms with Crippen LogP contribution in [0.1, 0.15) is 0 Å². The molecule has 1 saturated heterocycles. The average molecular weight is 175 g/mol. The van der Waals surface area contributed by atoms with Gasteiger partial charge >= 0.3 is 0 Å². The number of rotatable bonds is 0. The van der Waals surface area contributed by atoms with E-state index in [1.807, 2.05) is 24.3 Å². The van der Waals surface area contributed by atoms with Gasteiger partial charge in [-0.05, 0) is 0 Å². The van der Waals surface area contributed by atoms with Crippen LogP contribution in [0.2, 0.25) is 0 Å². The molecule has 0 N–H and O–H groups in total. The standard InChI is InChI=1S/C10H9NO2/c12-9-7-3-1-2-4-8(7)10-11(9)5-6-13-10/h1-8,10H. The van der Waals surface area contributed by atoms with Crippen LogP contribution in [0.15, 0.2) is 36.8 Å². The Labute approximate surface area is 76.0 Å². The van der Waals surface area contributed by atoms with Crippen molar-refractivity contribution >= 4 is 5.91 Å². The summed E-state index contributed by atoms with van der Waals surface area (Å²) in [6, 6.07) is 0. The van der Waals surface area contributed by atoms with E-state index in [4.69, 9.17) is 4.74 Å². The van der Waals surface area contributed by atoms with Crippen LogP contribution in [0.5, 0.6) is 0 Å². The van der Waals surface area contributed by atoms with Crippen molar-refractivity contribution in [3.63, 3.8) is 0 Å². The van der Waals surface area contributed by atoms with Crippen LogP contribution in [0.3, 0.4) is 0 Å². The number of carbonyl (C=O) groups excluding carboxylic acids is 1. The predicted octanol–water partition coefficient (Wildman–Crippen LogP) is 1.01. The number of hydrogen-bond donors (Lipinski definition) is 0. The van der Waals surface area contributed by atoms with E-state index in [9.17, 15) is 4.79 Å². The highest BCUT2D eigenvalue weighted by molar-refractivity contribution is 5.85. The number of amides is 1. The zero-order chi connectivity index (χ0) is 8.84. The number of carbonyl (C=O) groups is 1. The van der Waals surface area contributed by atoms with Gasteiger partial charge in [0.2, 0.25) is 5.91 Å². The number of allylic oxidation sites excluding steroid dienone is 2. The first-order chi connectivity index (χ1) is 6.38. The van der Waals surface area contributed by atoms with Crippen molar-refractivity contribution in [1.29, 1.82) is 0 Å². The van der Waals surface area contributed by atoms with Crippen molar-refractivity contribution in [2.75, 3.05) is 0 Å². The lowest BCUT2D eigenvalue weighted by molar-refractivity contribution is -0.129. The molecule has 1 fully saturated rings. The Kier molecular flexibility index (Phi) is 1.20. The SMILES string of the molecule is O=C1C2C=CC=CC2C2OC=CN12. The largest absolute Gasteiger partial charge is 0.476 e. The molecule has 3 nitrogen and oxygen atoms in total. The van der Waals surface area contributed by atoms with E-state index in [1.54, 1.807) is 17.4 Å². The number of hydrogen-bond acceptors (Lipinski definition) is 2. The molecule has 3 heteroatoms. The van der Waals surface area contributed by atoms with Crippen molar-refractivity contribution in [3.8, 4) is 0 Å². The normalized spacial score (nSPS) is 39.2. The van der Waals surface area contributed by atoms with Crippen LogP contribution in [-0.4, -0.2) is 17.0 Å². The highest BCUT2D eigenvalue weighted by Crippen LogP contribution is 2.38. The highest BCUT2D eigenvalue weighted by atomic mass is 16.5. The molecule has 0 radical (unpaired) electrons. The summed E-state index contributed by atoms with van der Waals surface area (Å²) in [5.74, 6) is 0.316. The molecule has 0 bridgehead atoms. The Morgan fingerprint density at radius 1 is 1.31 bits per heavy atom. The van der Waals surface area contributed by atoms with Gasteiger partial charge in [-0.1, -0.05) is 24.3 Å². The summed E-state index contributed by atoms with van der Waals surface area (Å²) in [5, 5.41) is 0. The second-order valence-corrected chi connectivity index (χ2v) is 3.43. The minimum Gasteiger partial charge on any atom is -0.476 e. The molecule has 2 aliphatic heterocycles. The third-order valence-electron chi connectivity index (χ3n) is 2.76. The van der Waals surface area contributed by atoms with Gasteiger partial charge in [0, 0.05) is 12.1 Å². The fourth-order valence-electron chi connectivity index (χ4n) is 2.12. The lowest BCUT2D eigenvalue weighted by atomic mass is 9.90. The van der Waals surface area contributed by atoms with Crippen LogP contribution in [0.4, 0.5) is 0 Å². The summed E-state index contributed by atoms with van der Waals surface area (Å²) in [7, 11) is 0. The molecule has 3 aliphatic rings. The van der Waals surface area contributed by atoms with E-state index < -0.39 is 0 Å². The van der Waals surface area contributed by atoms with E-state index in [0.717, 1.165) is 0 Å². The van der Waals surface area contributed by atoms with Crippen LogP contribution in [0.25, 0.3) is 0 Å². The third-order valence-corrected chi connectivity index (χ3v) is 2.76. The van der Waals surface area contributed by atoms with E-state index in [2.05, 4.69) is 0 Å². The zero-order valence-corrected chi connectivity index (χ0v) is 6.96. The zero-order valence-electron chi connectivity index (χ0n) is 6.96. The highest BCUT2D eigenvalue weighted by Gasteiger charge is 2.48. The maximum Gasteiger partial charge on any atom is 0.237 e. The summed E-state index contributed by atoms with van der Waals surface area (Å²) in [5.41, 5.74) is 0. The summed E-state index contributed by atoms with van der Waals surface area (Å²) in [4.78, 5) is 13.4. The van der Waals surface area contributed by atoms with E-state index in [1.165, 1.54) is 0 Å². The van der Waals surface area contributed by atoms with Crippen molar-refractivity contribution in [1.82, 2.24) is 4.90 Å². The first kappa shape index (κ1) is 6.95. The van der Waals surface area contributed by atoms with Crippen LogP contribution in [-0.2, 0) is 9.53 Å². The summed E-state index contributed by atoms with van der Waals surface area (Å²) in [6.45, 7) is 0. The molecule has 0 aromatic heterocycles. The third kappa shape index (κ3) is 0.763. The molecule has 3 rings (SSSR count). The molecule has 66 valence electrons. The minimum absolute atomic E-state index is 0.0139. The number of fused-ring (bicyclic) bond motifs is 3. The Bertz CT molecular complexity index is 343. The minimum atomic E-state index is -0.0984. The Hall–Kier alpha value is -1.51. The van der Waals surface area contributed by atoms with Gasteiger partial charge in [-0.3, -0.25) is 9.69 Å². The van der Waals surface area contributed by atoms with Gasteiger partial charge in [-0.15, -0.1) is 0 Å². The Morgan fingerprint density at radius 2 is 2.15 bits per heavy atom. The molecule has 3 unspecified atom stereocenters. The van der Waals surface area contributed by atoms with Gasteiger partial charge in [-0.2, -0.15) is 0 Å². The van der Waals surface area contributed by atoms with Gasteiger partial charge in [0.15, 0.2) is 6.23 Å². The van der Waals surface area contributed by atoms with Crippen LogP contribution >= 0.6 is 0 Å². The van der Waals surface area contributed by atoms with E-state index >= 15 is 0 Å². The maximum absolute atomic E-state index is 11.7. The maximum atomic E-state index is 11.7. The topological polar surface area (TPSA) is 29.5 Å². The smallest absolute Gasteiger partial charge is 0.237 e. The molecule has 0 spiro atoms. The van der Waals surface area contributed by atoms with E-state index in [-0.39, 0.29) is 24.0 Å². The molecule has 2 heterocycles. The monoisotopic (exact) mass is 175 g/mol. The quantitative estimate of drug-likeness (QED) is 0.550. The molecule has 1 amide bonds. The summed E-state index contributed by atoms with van der Waals surface area (Å²) in [6.07, 6.45) is 11.1. The van der Waals surface area contributed by atoms with Crippen molar-refractivity contribution in [3.05, 3.63) is 36.8 Å². The van der Waals surface area contributed by atoms with Gasteiger partial charge in [0.25, 0.3) is 0 Å². The molecule has 0 saturated carbocycles. The first-order valence-electron chi connectivity index (χ1n) is 4.37. The predicted molar refractivity (Wildman–Crippen MR) is 46.1 cm³/mol. The fraction of sp³-hybridized carbons (Fsp3) is 0.300. The van der Waals surface area contributed by atoms with Gasteiger partial charge < -0.3 is 4.74 Å². The van der Waals surface area contributed by atoms with Gasteiger partial charge in [0.1, 0.15) is 6.26 Å². The molecule has 0 aromatic rings. The van der Waals surface area contributed by atoms with Gasteiger partial charge in [-0.25, -0.2) is 0 Å². The lowest BCUT2D eigenvalue weighted by Crippen LogP contribution is -2.27. The molecule has 13 heavy (non-hydrogen) atoms. The van der Waals surface area contributed by atoms with Crippen molar-refractivity contribution in [2.45, 2.75) is 6.23 Å². The Morgan fingerprint density at radius 3 is 3.08 bits per heavy atom. The molecule has 1 aliphatic carbocycles. The van der Waals surface area contributed by atoms with Gasteiger partial charge in [0.05, 0.1) is 5.92 Å².